The molecule has 3 rings (SSSR count). The van der Waals surface area contributed by atoms with Crippen LogP contribution in [-0.2, 0) is 6.54 Å². The lowest BCUT2D eigenvalue weighted by Gasteiger charge is -2.26. The van der Waals surface area contributed by atoms with Crippen molar-refractivity contribution in [1.82, 2.24) is 14.5 Å². The predicted molar refractivity (Wildman–Crippen MR) is 123 cm³/mol. The van der Waals surface area contributed by atoms with Crippen molar-refractivity contribution in [3.05, 3.63) is 65.0 Å². The third-order valence-corrected chi connectivity index (χ3v) is 5.83. The number of fused-ring (bicyclic) bond motifs is 1. The van der Waals surface area contributed by atoms with E-state index in [0.717, 1.165) is 29.0 Å². The zero-order valence-corrected chi connectivity index (χ0v) is 18.9. The summed E-state index contributed by atoms with van der Waals surface area (Å²) in [7, 11) is 1.82. The van der Waals surface area contributed by atoms with Crippen molar-refractivity contribution in [2.24, 2.45) is 5.92 Å². The van der Waals surface area contributed by atoms with Crippen molar-refractivity contribution in [1.29, 1.82) is 5.41 Å². The van der Waals surface area contributed by atoms with E-state index in [-0.39, 0.29) is 17.9 Å². The highest BCUT2D eigenvalue weighted by Crippen LogP contribution is 2.20. The molecule has 0 spiro atoms. The SMILES string of the molecule is Cc1ccc2c(c1)nc(C)n2Cc1ccc(C(=O)N(C)[C@H](C)CC(=N)C(C)C)cc1. The molecule has 1 atom stereocenters. The molecule has 1 heterocycles. The summed E-state index contributed by atoms with van der Waals surface area (Å²) in [5, 5.41) is 8.08. The highest BCUT2D eigenvalue weighted by molar-refractivity contribution is 5.94. The van der Waals surface area contributed by atoms with Crippen LogP contribution in [0.4, 0.5) is 0 Å². The average Bonchev–Trinajstić information content (AvgIpc) is 3.01. The molecule has 0 saturated heterocycles. The van der Waals surface area contributed by atoms with Crippen molar-refractivity contribution in [3.8, 4) is 0 Å². The van der Waals surface area contributed by atoms with Crippen LogP contribution in [0, 0.1) is 25.2 Å². The molecule has 0 aliphatic heterocycles. The largest absolute Gasteiger partial charge is 0.339 e. The summed E-state index contributed by atoms with van der Waals surface area (Å²) in [4.78, 5) is 19.3. The van der Waals surface area contributed by atoms with Crippen LogP contribution in [0.25, 0.3) is 11.0 Å². The average molecular weight is 405 g/mol. The van der Waals surface area contributed by atoms with E-state index in [1.54, 1.807) is 4.90 Å². The summed E-state index contributed by atoms with van der Waals surface area (Å²) in [5.41, 5.74) is 5.83. The van der Waals surface area contributed by atoms with Crippen LogP contribution in [-0.4, -0.2) is 39.2 Å². The molecule has 0 aliphatic carbocycles. The number of amides is 1. The summed E-state index contributed by atoms with van der Waals surface area (Å²) in [6.07, 6.45) is 0.602. The molecule has 30 heavy (non-hydrogen) atoms. The second-order valence-corrected chi connectivity index (χ2v) is 8.58. The lowest BCUT2D eigenvalue weighted by atomic mass is 10.0. The summed E-state index contributed by atoms with van der Waals surface area (Å²) >= 11 is 0. The van der Waals surface area contributed by atoms with Crippen molar-refractivity contribution in [3.63, 3.8) is 0 Å². The number of hydrogen-bond acceptors (Lipinski definition) is 3. The van der Waals surface area contributed by atoms with Gasteiger partial charge >= 0.3 is 0 Å². The van der Waals surface area contributed by atoms with Crippen molar-refractivity contribution in [2.75, 3.05) is 7.05 Å². The molecule has 0 radical (unpaired) electrons. The monoisotopic (exact) mass is 404 g/mol. The van der Waals surface area contributed by atoms with Crippen LogP contribution < -0.4 is 0 Å². The van der Waals surface area contributed by atoms with E-state index in [1.165, 1.54) is 5.56 Å². The molecule has 0 bridgehead atoms. The quantitative estimate of drug-likeness (QED) is 0.548. The first-order valence-electron chi connectivity index (χ1n) is 10.5. The van der Waals surface area contributed by atoms with Gasteiger partial charge in [-0.1, -0.05) is 32.0 Å². The first-order chi connectivity index (χ1) is 14.2. The standard InChI is InChI=1S/C25H32N4O/c1-16(2)22(26)14-18(4)28(6)25(30)21-10-8-20(9-11-21)15-29-19(5)27-23-13-17(3)7-12-24(23)29/h7-13,16,18,26H,14-15H2,1-6H3/t18-/m1/s1. The number of imidazole rings is 1. The summed E-state index contributed by atoms with van der Waals surface area (Å²) in [6, 6.07) is 14.2. The van der Waals surface area contributed by atoms with Crippen LogP contribution in [0.1, 0.15) is 54.5 Å². The Hall–Kier alpha value is -2.95. The third-order valence-electron chi connectivity index (χ3n) is 5.83. The predicted octanol–water partition coefficient (Wildman–Crippen LogP) is 5.23. The number of benzene rings is 2. The lowest BCUT2D eigenvalue weighted by molar-refractivity contribution is 0.0747. The fourth-order valence-electron chi connectivity index (χ4n) is 3.59. The minimum absolute atomic E-state index is 0.00417. The van der Waals surface area contributed by atoms with Crippen LogP contribution >= 0.6 is 0 Å². The smallest absolute Gasteiger partial charge is 0.253 e. The lowest BCUT2D eigenvalue weighted by Crippen LogP contribution is -2.37. The highest BCUT2D eigenvalue weighted by Gasteiger charge is 2.19. The van der Waals surface area contributed by atoms with Crippen LogP contribution in [0.15, 0.2) is 42.5 Å². The maximum absolute atomic E-state index is 12.9. The summed E-state index contributed by atoms with van der Waals surface area (Å²) < 4.78 is 2.21. The second kappa shape index (κ2) is 8.82. The Morgan fingerprint density at radius 1 is 1.10 bits per heavy atom. The van der Waals surface area contributed by atoms with Gasteiger partial charge in [-0.2, -0.15) is 0 Å². The van der Waals surface area contributed by atoms with E-state index in [2.05, 4.69) is 34.7 Å². The molecule has 0 saturated carbocycles. The minimum atomic E-state index is -0.00894. The maximum Gasteiger partial charge on any atom is 0.253 e. The van der Waals surface area contributed by atoms with Gasteiger partial charge in [0.05, 0.1) is 11.0 Å². The molecule has 0 unspecified atom stereocenters. The molecular formula is C25H32N4O. The number of carbonyl (C=O) groups excluding carboxylic acids is 1. The van der Waals surface area contributed by atoms with Gasteiger partial charge < -0.3 is 14.9 Å². The van der Waals surface area contributed by atoms with Crippen molar-refractivity contribution in [2.45, 2.75) is 53.6 Å². The number of hydrogen-bond donors (Lipinski definition) is 1. The van der Waals surface area contributed by atoms with Crippen LogP contribution in [0.5, 0.6) is 0 Å². The fraction of sp³-hybridized carbons (Fsp3) is 0.400. The molecule has 0 fully saturated rings. The van der Waals surface area contributed by atoms with Crippen LogP contribution in [0.2, 0.25) is 0 Å². The summed E-state index contributed by atoms with van der Waals surface area (Å²) in [6.45, 7) is 10.9. The molecule has 1 amide bonds. The fourth-order valence-corrected chi connectivity index (χ4v) is 3.59. The van der Waals surface area contributed by atoms with Gasteiger partial charge in [0, 0.05) is 37.3 Å². The van der Waals surface area contributed by atoms with E-state index in [9.17, 15) is 4.79 Å². The van der Waals surface area contributed by atoms with Gasteiger partial charge in [0.2, 0.25) is 0 Å². The topological polar surface area (TPSA) is 62.0 Å². The number of aromatic nitrogens is 2. The Labute approximate surface area is 179 Å². The molecular weight excluding hydrogens is 372 g/mol. The molecule has 158 valence electrons. The molecule has 3 aromatic rings. The third kappa shape index (κ3) is 4.61. The Morgan fingerprint density at radius 2 is 1.77 bits per heavy atom. The van der Waals surface area contributed by atoms with Crippen molar-refractivity contribution >= 4 is 22.7 Å². The first kappa shape index (κ1) is 21.8. The number of aryl methyl sites for hydroxylation is 2. The molecule has 0 aliphatic rings. The Morgan fingerprint density at radius 3 is 2.40 bits per heavy atom. The molecule has 5 nitrogen and oxygen atoms in total. The Bertz CT molecular complexity index is 1060. The maximum atomic E-state index is 12.9. The molecule has 2 aromatic carbocycles. The number of carbonyl (C=O) groups is 1. The van der Waals surface area contributed by atoms with Gasteiger partial charge in [-0.15, -0.1) is 0 Å². The van der Waals surface area contributed by atoms with Crippen molar-refractivity contribution < 1.29 is 4.79 Å². The van der Waals surface area contributed by atoms with Gasteiger partial charge in [-0.3, -0.25) is 4.79 Å². The highest BCUT2D eigenvalue weighted by atomic mass is 16.2. The van der Waals surface area contributed by atoms with Gasteiger partial charge in [0.15, 0.2) is 0 Å². The summed E-state index contributed by atoms with van der Waals surface area (Å²) in [5.74, 6) is 1.18. The zero-order valence-electron chi connectivity index (χ0n) is 18.9. The minimum Gasteiger partial charge on any atom is -0.339 e. The van der Waals surface area contributed by atoms with E-state index >= 15 is 0 Å². The second-order valence-electron chi connectivity index (χ2n) is 8.58. The molecule has 1 aromatic heterocycles. The van der Waals surface area contributed by atoms with Gasteiger partial charge in [-0.25, -0.2) is 4.98 Å². The number of rotatable bonds is 7. The van der Waals surface area contributed by atoms with E-state index in [4.69, 9.17) is 5.41 Å². The zero-order chi connectivity index (χ0) is 22.0. The normalized spacial score (nSPS) is 12.4. The number of nitrogens with one attached hydrogen (secondary N) is 1. The van der Waals surface area contributed by atoms with Gasteiger partial charge in [0.25, 0.3) is 5.91 Å². The molecule has 1 N–H and O–H groups in total. The first-order valence-corrected chi connectivity index (χ1v) is 10.5. The van der Waals surface area contributed by atoms with Gasteiger partial charge in [0.1, 0.15) is 5.82 Å². The van der Waals surface area contributed by atoms with Crippen LogP contribution in [0.3, 0.4) is 0 Å². The van der Waals surface area contributed by atoms with Gasteiger partial charge in [-0.05, 0) is 62.1 Å². The Balaban J connectivity index is 1.73. The van der Waals surface area contributed by atoms with E-state index < -0.39 is 0 Å². The van der Waals surface area contributed by atoms with E-state index in [1.807, 2.05) is 59.0 Å². The molecule has 5 heteroatoms. The Kier molecular flexibility index (Phi) is 6.40. The number of nitrogens with zero attached hydrogens (tertiary/aromatic N) is 3. The van der Waals surface area contributed by atoms with E-state index in [0.29, 0.717) is 17.7 Å².